The fraction of sp³-hybridized carbons (Fsp3) is 0.368. The molecule has 0 spiro atoms. The van der Waals surface area contributed by atoms with E-state index in [1.54, 1.807) is 19.2 Å². The van der Waals surface area contributed by atoms with Gasteiger partial charge in [-0.15, -0.1) is 0 Å². The lowest BCUT2D eigenvalue weighted by atomic mass is 9.97. The van der Waals surface area contributed by atoms with Crippen molar-refractivity contribution < 1.29 is 37.6 Å². The van der Waals surface area contributed by atoms with Crippen LogP contribution in [0.25, 0.3) is 11.0 Å². The third-order valence-corrected chi connectivity index (χ3v) is 5.16. The summed E-state index contributed by atoms with van der Waals surface area (Å²) in [6.45, 7) is 1.75. The second-order valence-electron chi connectivity index (χ2n) is 7.11. The number of hydrogen-bond donors (Lipinski definition) is 3. The molecule has 0 amide bonds. The number of aliphatic hydroxyl groups excluding tert-OH is 3. The van der Waals surface area contributed by atoms with Crippen molar-refractivity contribution in [3.63, 3.8) is 0 Å². The third kappa shape index (κ3) is 3.43. The van der Waals surface area contributed by atoms with Crippen LogP contribution in [0.2, 0.25) is 0 Å². The zero-order valence-corrected chi connectivity index (χ0v) is 15.5. The smallest absolute Gasteiger partial charge is 0.387 e. The number of aryl methyl sites for hydroxylation is 1. The van der Waals surface area contributed by atoms with Gasteiger partial charge in [0.15, 0.2) is 6.23 Å². The minimum absolute atomic E-state index is 0.299. The van der Waals surface area contributed by atoms with Gasteiger partial charge in [0.2, 0.25) is 0 Å². The van der Waals surface area contributed by atoms with Gasteiger partial charge in [0, 0.05) is 11.6 Å². The van der Waals surface area contributed by atoms with Crippen molar-refractivity contribution in [2.45, 2.75) is 43.7 Å². The van der Waals surface area contributed by atoms with Gasteiger partial charge in [-0.3, -0.25) is 0 Å². The summed E-state index contributed by atoms with van der Waals surface area (Å²) in [5.74, 6) is -1.20. The summed E-state index contributed by atoms with van der Waals surface area (Å²) in [5.41, 5.74) is -0.652. The van der Waals surface area contributed by atoms with E-state index in [-0.39, 0.29) is 0 Å². The molecule has 0 aliphatic carbocycles. The highest BCUT2D eigenvalue weighted by Crippen LogP contribution is 2.39. The molecule has 11 heteroatoms. The summed E-state index contributed by atoms with van der Waals surface area (Å²) in [5, 5.41) is 32.0. The Balaban J connectivity index is 1.66. The third-order valence-electron chi connectivity index (χ3n) is 5.16. The fourth-order valence-electron chi connectivity index (χ4n) is 3.62. The molecule has 1 unspecified atom stereocenters. The summed E-state index contributed by atoms with van der Waals surface area (Å²) in [6.07, 6.45) is -9.65. The molecule has 1 aliphatic rings. The maximum atomic E-state index is 13.7. The topological polar surface area (TPSA) is 101 Å². The number of ether oxygens (including phenoxy) is 1. The predicted molar refractivity (Wildman–Crippen MR) is 94.6 cm³/mol. The van der Waals surface area contributed by atoms with Gasteiger partial charge in [0.25, 0.3) is 0 Å². The Hall–Kier alpha value is -2.60. The number of aliphatic hydroxyl groups is 3. The fourth-order valence-corrected chi connectivity index (χ4v) is 3.62. The zero-order chi connectivity index (χ0) is 21.8. The van der Waals surface area contributed by atoms with Crippen LogP contribution in [0.3, 0.4) is 0 Å². The van der Waals surface area contributed by atoms with Gasteiger partial charge < -0.3 is 24.6 Å². The van der Waals surface area contributed by atoms with Gasteiger partial charge in [-0.25, -0.2) is 14.4 Å². The molecule has 1 aliphatic heterocycles. The maximum Gasteiger partial charge on any atom is 0.416 e. The van der Waals surface area contributed by atoms with Crippen LogP contribution < -0.4 is 0 Å². The summed E-state index contributed by atoms with van der Waals surface area (Å²) in [7, 11) is 0. The van der Waals surface area contributed by atoms with E-state index in [9.17, 15) is 32.9 Å². The first-order chi connectivity index (χ1) is 14.1. The summed E-state index contributed by atoms with van der Waals surface area (Å²) >= 11 is 0. The van der Waals surface area contributed by atoms with E-state index in [0.29, 0.717) is 28.9 Å². The molecule has 2 aromatic heterocycles. The van der Waals surface area contributed by atoms with Crippen molar-refractivity contribution in [2.24, 2.45) is 0 Å². The van der Waals surface area contributed by atoms with E-state index in [4.69, 9.17) is 4.74 Å². The van der Waals surface area contributed by atoms with Gasteiger partial charge in [-0.2, -0.15) is 13.2 Å². The summed E-state index contributed by atoms with van der Waals surface area (Å²) in [6, 6.07) is 3.27. The van der Waals surface area contributed by atoms with Crippen molar-refractivity contribution in [3.8, 4) is 0 Å². The van der Waals surface area contributed by atoms with E-state index in [1.165, 1.54) is 10.9 Å². The minimum atomic E-state index is -4.82. The first-order valence-corrected chi connectivity index (χ1v) is 8.93. The Kier molecular flexibility index (Phi) is 5.01. The Labute approximate surface area is 167 Å². The molecular formula is C19H17F4N3O4. The number of alkyl halides is 3. The van der Waals surface area contributed by atoms with Gasteiger partial charge in [-0.05, 0) is 36.8 Å². The van der Waals surface area contributed by atoms with E-state index in [0.717, 1.165) is 6.07 Å². The van der Waals surface area contributed by atoms with Crippen LogP contribution in [0.1, 0.15) is 29.2 Å². The van der Waals surface area contributed by atoms with Crippen molar-refractivity contribution in [1.29, 1.82) is 0 Å². The van der Waals surface area contributed by atoms with Gasteiger partial charge in [0.05, 0.1) is 11.3 Å². The highest BCUT2D eigenvalue weighted by atomic mass is 19.4. The SMILES string of the molecule is Cc1ncnc2c1ccn2[C@@H]1OC([C@H](O)c2cc(F)cc(C(F)(F)F)c2)[C@@H](O)[C@H]1O. The number of halogens is 4. The predicted octanol–water partition coefficient (Wildman–Crippen LogP) is 2.25. The number of hydrogen-bond acceptors (Lipinski definition) is 6. The van der Waals surface area contributed by atoms with Crippen molar-refractivity contribution >= 4 is 11.0 Å². The number of fused-ring (bicyclic) bond motifs is 1. The first kappa shape index (κ1) is 20.7. The number of nitrogens with zero attached hydrogens (tertiary/aromatic N) is 3. The molecular weight excluding hydrogens is 410 g/mol. The normalized spacial score (nSPS) is 25.7. The Bertz CT molecular complexity index is 1090. The van der Waals surface area contributed by atoms with Gasteiger partial charge >= 0.3 is 6.18 Å². The van der Waals surface area contributed by atoms with Crippen LogP contribution in [0.4, 0.5) is 17.6 Å². The maximum absolute atomic E-state index is 13.7. The quantitative estimate of drug-likeness (QED) is 0.555. The molecule has 5 atom stereocenters. The molecule has 3 heterocycles. The van der Waals surface area contributed by atoms with Crippen molar-refractivity contribution in [2.75, 3.05) is 0 Å². The van der Waals surface area contributed by atoms with E-state index in [2.05, 4.69) is 9.97 Å². The molecule has 0 radical (unpaired) electrons. The van der Waals surface area contributed by atoms with Crippen LogP contribution in [-0.4, -0.2) is 48.2 Å². The molecule has 3 aromatic rings. The molecule has 160 valence electrons. The summed E-state index contributed by atoms with van der Waals surface area (Å²) < 4.78 is 59.7. The van der Waals surface area contributed by atoms with Crippen LogP contribution in [0.15, 0.2) is 36.8 Å². The monoisotopic (exact) mass is 427 g/mol. The lowest BCUT2D eigenvalue weighted by Crippen LogP contribution is -2.35. The highest BCUT2D eigenvalue weighted by molar-refractivity contribution is 5.78. The minimum Gasteiger partial charge on any atom is -0.387 e. The van der Waals surface area contributed by atoms with Crippen LogP contribution in [0.5, 0.6) is 0 Å². The number of rotatable bonds is 3. The molecule has 0 bridgehead atoms. The van der Waals surface area contributed by atoms with E-state index < -0.39 is 53.8 Å². The molecule has 30 heavy (non-hydrogen) atoms. The lowest BCUT2D eigenvalue weighted by Gasteiger charge is -2.22. The van der Waals surface area contributed by atoms with Gasteiger partial charge in [-0.1, -0.05) is 0 Å². The average molecular weight is 427 g/mol. The van der Waals surface area contributed by atoms with Crippen LogP contribution in [0, 0.1) is 12.7 Å². The highest BCUT2D eigenvalue weighted by Gasteiger charge is 2.48. The molecule has 3 N–H and O–H groups in total. The Morgan fingerprint density at radius 1 is 1.13 bits per heavy atom. The molecule has 4 rings (SSSR count). The second kappa shape index (κ2) is 7.27. The molecule has 1 fully saturated rings. The lowest BCUT2D eigenvalue weighted by molar-refractivity contribution is -0.138. The second-order valence-corrected chi connectivity index (χ2v) is 7.11. The number of aromatic nitrogens is 3. The molecule has 7 nitrogen and oxygen atoms in total. The zero-order valence-electron chi connectivity index (χ0n) is 15.5. The van der Waals surface area contributed by atoms with Crippen molar-refractivity contribution in [1.82, 2.24) is 14.5 Å². The van der Waals surface area contributed by atoms with E-state index in [1.807, 2.05) is 0 Å². The van der Waals surface area contributed by atoms with Crippen molar-refractivity contribution in [3.05, 3.63) is 59.4 Å². The molecule has 1 saturated heterocycles. The largest absolute Gasteiger partial charge is 0.416 e. The molecule has 1 aromatic carbocycles. The summed E-state index contributed by atoms with van der Waals surface area (Å²) in [4.78, 5) is 8.18. The van der Waals surface area contributed by atoms with Crippen LogP contribution >= 0.6 is 0 Å². The Morgan fingerprint density at radius 3 is 2.57 bits per heavy atom. The van der Waals surface area contributed by atoms with E-state index >= 15 is 0 Å². The standard InChI is InChI=1S/C19H17F4N3O4/c1-8-12-2-3-26(17(12)25-7-24-8)18-15(29)14(28)16(30-18)13(27)9-4-10(19(21,22)23)6-11(20)5-9/h2-7,13-16,18,27-29H,1H3/t13-,14+,15-,16?,18-/m1/s1. The Morgan fingerprint density at radius 2 is 1.87 bits per heavy atom. The van der Waals surface area contributed by atoms with Gasteiger partial charge in [0.1, 0.15) is 42.2 Å². The molecule has 0 saturated carbocycles. The average Bonchev–Trinajstić information content (AvgIpc) is 3.23. The van der Waals surface area contributed by atoms with Crippen LogP contribution in [-0.2, 0) is 10.9 Å². The first-order valence-electron chi connectivity index (χ1n) is 8.93. The number of benzene rings is 1.